The van der Waals surface area contributed by atoms with E-state index in [0.29, 0.717) is 32.1 Å². The first-order valence-corrected chi connectivity index (χ1v) is 8.01. The van der Waals surface area contributed by atoms with Crippen LogP contribution in [0.4, 0.5) is 0 Å². The molecule has 1 aromatic rings. The number of amides is 1. The van der Waals surface area contributed by atoms with Gasteiger partial charge in [0, 0.05) is 45.4 Å². The maximum atomic E-state index is 12.4. The number of hydrogen-bond donors (Lipinski definition) is 1. The number of carbonyl (C=O) groups excluding carboxylic acids is 1. The van der Waals surface area contributed by atoms with Crippen LogP contribution in [0.1, 0.15) is 32.0 Å². The van der Waals surface area contributed by atoms with E-state index in [2.05, 4.69) is 18.8 Å². The SMILES string of the molecule is CO[C@@H]1COC[C@@H](N(C)C(=O)CCn2ccnc2C(C)C)[C@@H]1O. The van der Waals surface area contributed by atoms with E-state index >= 15 is 0 Å². The van der Waals surface area contributed by atoms with E-state index in [0.717, 1.165) is 5.82 Å². The second-order valence-electron chi connectivity index (χ2n) is 6.26. The number of aliphatic hydroxyl groups excluding tert-OH is 1. The van der Waals surface area contributed by atoms with Gasteiger partial charge in [-0.3, -0.25) is 4.79 Å². The predicted molar refractivity (Wildman–Crippen MR) is 85.1 cm³/mol. The molecule has 1 aliphatic rings. The number of aromatic nitrogens is 2. The quantitative estimate of drug-likeness (QED) is 0.830. The van der Waals surface area contributed by atoms with Crippen molar-refractivity contribution < 1.29 is 19.4 Å². The van der Waals surface area contributed by atoms with Crippen molar-refractivity contribution in [3.8, 4) is 0 Å². The van der Waals surface area contributed by atoms with Gasteiger partial charge in [-0.25, -0.2) is 4.98 Å². The molecule has 1 aromatic heterocycles. The Morgan fingerprint density at radius 2 is 2.30 bits per heavy atom. The van der Waals surface area contributed by atoms with Gasteiger partial charge >= 0.3 is 0 Å². The van der Waals surface area contributed by atoms with Crippen molar-refractivity contribution in [2.24, 2.45) is 0 Å². The van der Waals surface area contributed by atoms with E-state index < -0.39 is 12.2 Å². The van der Waals surface area contributed by atoms with E-state index in [9.17, 15) is 9.90 Å². The highest BCUT2D eigenvalue weighted by atomic mass is 16.5. The van der Waals surface area contributed by atoms with Gasteiger partial charge in [0.15, 0.2) is 0 Å². The topological polar surface area (TPSA) is 76.8 Å². The summed E-state index contributed by atoms with van der Waals surface area (Å²) in [6.07, 6.45) is 2.87. The average Bonchev–Trinajstić information content (AvgIpc) is 3.01. The third kappa shape index (κ3) is 4.10. The first kappa shape index (κ1) is 17.9. The lowest BCUT2D eigenvalue weighted by molar-refractivity contribution is -0.158. The summed E-state index contributed by atoms with van der Waals surface area (Å²) in [4.78, 5) is 18.3. The van der Waals surface area contributed by atoms with Crippen LogP contribution in [0, 0.1) is 0 Å². The average molecular weight is 325 g/mol. The minimum Gasteiger partial charge on any atom is -0.388 e. The molecule has 0 unspecified atom stereocenters. The number of ether oxygens (including phenoxy) is 2. The molecule has 1 saturated heterocycles. The van der Waals surface area contributed by atoms with Gasteiger partial charge in [0.1, 0.15) is 18.0 Å². The van der Waals surface area contributed by atoms with Crippen LogP contribution in [0.25, 0.3) is 0 Å². The number of imidazole rings is 1. The van der Waals surface area contributed by atoms with Crippen molar-refractivity contribution in [1.82, 2.24) is 14.5 Å². The number of methoxy groups -OCH3 is 1. The predicted octanol–water partition coefficient (Wildman–Crippen LogP) is 0.630. The number of rotatable bonds is 6. The molecule has 1 aliphatic heterocycles. The highest BCUT2D eigenvalue weighted by Gasteiger charge is 2.36. The summed E-state index contributed by atoms with van der Waals surface area (Å²) in [5.74, 6) is 1.26. The minimum atomic E-state index is -0.734. The number of carbonyl (C=O) groups is 1. The van der Waals surface area contributed by atoms with Crippen LogP contribution in [0.5, 0.6) is 0 Å². The Morgan fingerprint density at radius 1 is 1.57 bits per heavy atom. The second-order valence-corrected chi connectivity index (χ2v) is 6.26. The van der Waals surface area contributed by atoms with Gasteiger partial charge in [0.05, 0.1) is 19.3 Å². The van der Waals surface area contributed by atoms with Gasteiger partial charge in [-0.2, -0.15) is 0 Å². The van der Waals surface area contributed by atoms with Crippen molar-refractivity contribution in [3.05, 3.63) is 18.2 Å². The molecule has 7 nitrogen and oxygen atoms in total. The summed E-state index contributed by atoms with van der Waals surface area (Å²) in [6.45, 7) is 5.41. The van der Waals surface area contributed by atoms with E-state index in [4.69, 9.17) is 9.47 Å². The van der Waals surface area contributed by atoms with Gasteiger partial charge in [0.25, 0.3) is 0 Å². The van der Waals surface area contributed by atoms with Crippen molar-refractivity contribution in [2.45, 2.75) is 51.0 Å². The highest BCUT2D eigenvalue weighted by molar-refractivity contribution is 5.76. The molecule has 0 spiro atoms. The van der Waals surface area contributed by atoms with Gasteiger partial charge in [-0.1, -0.05) is 13.8 Å². The summed E-state index contributed by atoms with van der Waals surface area (Å²) in [7, 11) is 3.24. The standard InChI is InChI=1S/C16H27N3O4/c1-11(2)16-17-6-8-19(16)7-5-14(20)18(3)12-9-23-10-13(22-4)15(12)21/h6,8,11-13,15,21H,5,7,9-10H2,1-4H3/t12-,13-,15+/m1/s1. The molecule has 130 valence electrons. The molecule has 2 heterocycles. The Morgan fingerprint density at radius 3 is 2.96 bits per heavy atom. The molecule has 2 rings (SSSR count). The Kier molecular flexibility index (Phi) is 6.15. The van der Waals surface area contributed by atoms with Crippen molar-refractivity contribution in [2.75, 3.05) is 27.4 Å². The molecule has 0 aliphatic carbocycles. The fraction of sp³-hybridized carbons (Fsp3) is 0.750. The molecule has 0 saturated carbocycles. The smallest absolute Gasteiger partial charge is 0.224 e. The second kappa shape index (κ2) is 7.90. The van der Waals surface area contributed by atoms with Crippen LogP contribution in [-0.4, -0.2) is 71.1 Å². The number of aryl methyl sites for hydroxylation is 1. The Bertz CT molecular complexity index is 517. The summed E-state index contributed by atoms with van der Waals surface area (Å²) in [5, 5.41) is 10.3. The number of hydrogen-bond acceptors (Lipinski definition) is 5. The Balaban J connectivity index is 1.93. The molecule has 1 amide bonds. The van der Waals surface area contributed by atoms with Crippen molar-refractivity contribution in [1.29, 1.82) is 0 Å². The molecule has 1 fully saturated rings. The third-order valence-electron chi connectivity index (χ3n) is 4.37. The van der Waals surface area contributed by atoms with Gasteiger partial charge in [-0.05, 0) is 0 Å². The third-order valence-corrected chi connectivity index (χ3v) is 4.37. The fourth-order valence-corrected chi connectivity index (χ4v) is 2.89. The molecule has 0 aromatic carbocycles. The van der Waals surface area contributed by atoms with Crippen LogP contribution >= 0.6 is 0 Å². The summed E-state index contributed by atoms with van der Waals surface area (Å²) < 4.78 is 12.6. The lowest BCUT2D eigenvalue weighted by atomic mass is 10.0. The lowest BCUT2D eigenvalue weighted by Gasteiger charge is -2.38. The molecule has 0 radical (unpaired) electrons. The molecule has 23 heavy (non-hydrogen) atoms. The monoisotopic (exact) mass is 325 g/mol. The largest absolute Gasteiger partial charge is 0.388 e. The first-order chi connectivity index (χ1) is 11.0. The van der Waals surface area contributed by atoms with Crippen molar-refractivity contribution in [3.63, 3.8) is 0 Å². The summed E-state index contributed by atoms with van der Waals surface area (Å²) in [6, 6.07) is -0.381. The van der Waals surface area contributed by atoms with E-state index in [1.165, 1.54) is 7.11 Å². The zero-order valence-electron chi connectivity index (χ0n) is 14.3. The maximum Gasteiger partial charge on any atom is 0.224 e. The molecule has 1 N–H and O–H groups in total. The minimum absolute atomic E-state index is 0.0298. The number of nitrogens with zero attached hydrogens (tertiary/aromatic N) is 3. The summed E-state index contributed by atoms with van der Waals surface area (Å²) in [5.41, 5.74) is 0. The molecule has 0 bridgehead atoms. The Labute approximate surface area is 137 Å². The van der Waals surface area contributed by atoms with Gasteiger partial charge < -0.3 is 24.0 Å². The summed E-state index contributed by atoms with van der Waals surface area (Å²) >= 11 is 0. The van der Waals surface area contributed by atoms with Crippen LogP contribution in [0.2, 0.25) is 0 Å². The van der Waals surface area contributed by atoms with Crippen LogP contribution in [-0.2, 0) is 20.8 Å². The number of aliphatic hydroxyl groups is 1. The lowest BCUT2D eigenvalue weighted by Crippen LogP contribution is -2.56. The highest BCUT2D eigenvalue weighted by Crippen LogP contribution is 2.17. The molecule has 3 atom stereocenters. The zero-order valence-corrected chi connectivity index (χ0v) is 14.3. The molecule has 7 heteroatoms. The fourth-order valence-electron chi connectivity index (χ4n) is 2.89. The van der Waals surface area contributed by atoms with E-state index in [1.807, 2.05) is 10.8 Å². The molecular formula is C16H27N3O4. The number of likely N-dealkylation sites (N-methyl/N-ethyl adjacent to an activating group) is 1. The maximum absolute atomic E-state index is 12.4. The Hall–Kier alpha value is -1.44. The first-order valence-electron chi connectivity index (χ1n) is 8.01. The molecular weight excluding hydrogens is 298 g/mol. The van der Waals surface area contributed by atoms with Crippen molar-refractivity contribution >= 4 is 5.91 Å². The van der Waals surface area contributed by atoms with Gasteiger partial charge in [-0.15, -0.1) is 0 Å². The normalized spacial score (nSPS) is 24.9. The zero-order chi connectivity index (χ0) is 17.0. The van der Waals surface area contributed by atoms with Crippen LogP contribution < -0.4 is 0 Å². The van der Waals surface area contributed by atoms with Crippen LogP contribution in [0.3, 0.4) is 0 Å². The van der Waals surface area contributed by atoms with Gasteiger partial charge in [0.2, 0.25) is 5.91 Å². The van der Waals surface area contributed by atoms with E-state index in [1.54, 1.807) is 18.1 Å². The van der Waals surface area contributed by atoms with Crippen LogP contribution in [0.15, 0.2) is 12.4 Å². The van der Waals surface area contributed by atoms with E-state index in [-0.39, 0.29) is 11.9 Å².